The van der Waals surface area contributed by atoms with E-state index >= 15 is 0 Å². The first-order valence-electron chi connectivity index (χ1n) is 6.65. The van der Waals surface area contributed by atoms with E-state index in [9.17, 15) is 9.59 Å². The van der Waals surface area contributed by atoms with Crippen LogP contribution in [-0.2, 0) is 9.59 Å². The van der Waals surface area contributed by atoms with Crippen molar-refractivity contribution in [1.82, 2.24) is 5.32 Å². The maximum Gasteiger partial charge on any atom is 0.322 e. The third kappa shape index (κ3) is 9.87. The van der Waals surface area contributed by atoms with Gasteiger partial charge in [-0.05, 0) is 37.5 Å². The molecule has 0 heterocycles. The molecule has 0 aliphatic heterocycles. The molecule has 0 aromatic rings. The molecule has 0 radical (unpaired) electrons. The molecule has 0 aromatic heterocycles. The fraction of sp³-hybridized carbons (Fsp3) is 0.714. The maximum atomic E-state index is 9.54. The lowest BCUT2D eigenvalue weighted by molar-refractivity contribution is -0.136. The molecule has 18 heavy (non-hydrogen) atoms. The zero-order valence-electron chi connectivity index (χ0n) is 11.4. The van der Waals surface area contributed by atoms with Crippen molar-refractivity contribution in [3.8, 4) is 0 Å². The number of carbonyl (C=O) groups is 2. The SMILES string of the molecule is CCC1/C=C/CCC(C)CC1.O=CNCC(=O)O. The van der Waals surface area contributed by atoms with E-state index in [1.165, 1.54) is 32.1 Å². The Bertz CT molecular complexity index is 264. The third-order valence-corrected chi connectivity index (χ3v) is 3.13. The van der Waals surface area contributed by atoms with E-state index in [0.29, 0.717) is 6.41 Å². The van der Waals surface area contributed by atoms with E-state index in [2.05, 4.69) is 26.0 Å². The van der Waals surface area contributed by atoms with Crippen LogP contribution >= 0.6 is 0 Å². The second kappa shape index (κ2) is 10.8. The monoisotopic (exact) mass is 255 g/mol. The van der Waals surface area contributed by atoms with Crippen LogP contribution in [0.4, 0.5) is 0 Å². The minimum Gasteiger partial charge on any atom is -0.480 e. The molecule has 4 nitrogen and oxygen atoms in total. The largest absolute Gasteiger partial charge is 0.480 e. The van der Waals surface area contributed by atoms with Gasteiger partial charge in [-0.3, -0.25) is 9.59 Å². The van der Waals surface area contributed by atoms with Gasteiger partial charge in [0.15, 0.2) is 0 Å². The van der Waals surface area contributed by atoms with Crippen molar-refractivity contribution < 1.29 is 14.7 Å². The smallest absolute Gasteiger partial charge is 0.322 e. The molecule has 0 fully saturated rings. The van der Waals surface area contributed by atoms with E-state index in [0.717, 1.165) is 11.8 Å². The number of rotatable bonds is 4. The van der Waals surface area contributed by atoms with Crippen molar-refractivity contribution in [2.24, 2.45) is 11.8 Å². The number of amides is 1. The quantitative estimate of drug-likeness (QED) is 0.599. The van der Waals surface area contributed by atoms with Crippen molar-refractivity contribution >= 4 is 12.4 Å². The van der Waals surface area contributed by atoms with Crippen LogP contribution in [0, 0.1) is 11.8 Å². The number of hydrogen-bond acceptors (Lipinski definition) is 2. The molecule has 0 aromatic carbocycles. The van der Waals surface area contributed by atoms with Gasteiger partial charge >= 0.3 is 5.97 Å². The number of aliphatic carboxylic acids is 1. The first-order chi connectivity index (χ1) is 8.60. The van der Waals surface area contributed by atoms with Gasteiger partial charge in [0, 0.05) is 0 Å². The van der Waals surface area contributed by atoms with E-state index in [-0.39, 0.29) is 6.54 Å². The van der Waals surface area contributed by atoms with Crippen LogP contribution < -0.4 is 5.32 Å². The standard InChI is InChI=1S/C11H20.C3H5NO3/c1-3-11-7-5-4-6-10(2)8-9-11;5-2-4-1-3(6)7/h5,7,10-11H,3-4,6,8-9H2,1-2H3;2H,1H2,(H,4,5)(H,6,7)/b7-5+;. The van der Waals surface area contributed by atoms with Crippen LogP contribution in [0.2, 0.25) is 0 Å². The van der Waals surface area contributed by atoms with Crippen molar-refractivity contribution in [3.05, 3.63) is 12.2 Å². The van der Waals surface area contributed by atoms with Gasteiger partial charge in [0.2, 0.25) is 6.41 Å². The van der Waals surface area contributed by atoms with Gasteiger partial charge in [-0.25, -0.2) is 0 Å². The number of hydrogen-bond donors (Lipinski definition) is 2. The van der Waals surface area contributed by atoms with Gasteiger partial charge in [-0.1, -0.05) is 32.4 Å². The minimum absolute atomic E-state index is 0.302. The van der Waals surface area contributed by atoms with Crippen LogP contribution in [0.25, 0.3) is 0 Å². The molecular formula is C14H25NO3. The molecule has 1 aliphatic carbocycles. The predicted molar refractivity (Wildman–Crippen MR) is 72.3 cm³/mol. The molecule has 0 saturated carbocycles. The Morgan fingerprint density at radius 1 is 1.44 bits per heavy atom. The Morgan fingerprint density at radius 3 is 2.67 bits per heavy atom. The summed E-state index contributed by atoms with van der Waals surface area (Å²) in [4.78, 5) is 18.9. The summed E-state index contributed by atoms with van der Waals surface area (Å²) in [5.74, 6) is 0.791. The molecule has 2 N–H and O–H groups in total. The van der Waals surface area contributed by atoms with Gasteiger partial charge in [-0.15, -0.1) is 0 Å². The molecule has 2 unspecified atom stereocenters. The summed E-state index contributed by atoms with van der Waals surface area (Å²) in [6.07, 6.45) is 12.0. The zero-order valence-corrected chi connectivity index (χ0v) is 11.4. The van der Waals surface area contributed by atoms with Crippen LogP contribution in [-0.4, -0.2) is 24.0 Å². The van der Waals surface area contributed by atoms with Crippen molar-refractivity contribution in [1.29, 1.82) is 0 Å². The normalized spacial score (nSPS) is 24.8. The average Bonchev–Trinajstić information content (AvgIpc) is 2.33. The van der Waals surface area contributed by atoms with Crippen molar-refractivity contribution in [2.75, 3.05) is 6.54 Å². The van der Waals surface area contributed by atoms with E-state index in [4.69, 9.17) is 5.11 Å². The van der Waals surface area contributed by atoms with Gasteiger partial charge in [0.25, 0.3) is 0 Å². The van der Waals surface area contributed by atoms with Crippen LogP contribution in [0.1, 0.15) is 46.0 Å². The van der Waals surface area contributed by atoms with Crippen molar-refractivity contribution in [3.63, 3.8) is 0 Å². The number of allylic oxidation sites excluding steroid dienone is 2. The summed E-state index contributed by atoms with van der Waals surface area (Å²) in [5, 5.41) is 9.79. The van der Waals surface area contributed by atoms with Gasteiger partial charge in [-0.2, -0.15) is 0 Å². The van der Waals surface area contributed by atoms with E-state index in [1.807, 2.05) is 5.32 Å². The molecule has 0 saturated heterocycles. The second-order valence-corrected chi connectivity index (χ2v) is 4.75. The summed E-state index contributed by atoms with van der Waals surface area (Å²) in [6.45, 7) is 4.37. The highest BCUT2D eigenvalue weighted by Crippen LogP contribution is 2.22. The fourth-order valence-electron chi connectivity index (χ4n) is 1.88. The Labute approximate surface area is 109 Å². The Hall–Kier alpha value is -1.32. The lowest BCUT2D eigenvalue weighted by atomic mass is 9.89. The van der Waals surface area contributed by atoms with E-state index < -0.39 is 5.97 Å². The second-order valence-electron chi connectivity index (χ2n) is 4.75. The minimum atomic E-state index is -1.04. The molecular weight excluding hydrogens is 230 g/mol. The maximum absolute atomic E-state index is 9.54. The average molecular weight is 255 g/mol. The Kier molecular flexibility index (Phi) is 10.0. The van der Waals surface area contributed by atoms with Gasteiger partial charge in [0.05, 0.1) is 0 Å². The summed E-state index contributed by atoms with van der Waals surface area (Å²) >= 11 is 0. The Morgan fingerprint density at radius 2 is 2.17 bits per heavy atom. The van der Waals surface area contributed by atoms with Gasteiger partial charge < -0.3 is 10.4 Å². The molecule has 4 heteroatoms. The number of carbonyl (C=O) groups excluding carboxylic acids is 1. The summed E-state index contributed by atoms with van der Waals surface area (Å²) in [5.41, 5.74) is 0. The summed E-state index contributed by atoms with van der Waals surface area (Å²) < 4.78 is 0. The lowest BCUT2D eigenvalue weighted by Gasteiger charge is -2.17. The molecule has 0 spiro atoms. The Balaban J connectivity index is 0.000000360. The molecule has 1 rings (SSSR count). The topological polar surface area (TPSA) is 66.4 Å². The third-order valence-electron chi connectivity index (χ3n) is 3.13. The van der Waals surface area contributed by atoms with Crippen LogP contribution in [0.3, 0.4) is 0 Å². The molecule has 104 valence electrons. The first-order valence-corrected chi connectivity index (χ1v) is 6.65. The number of carboxylic acids is 1. The predicted octanol–water partition coefficient (Wildman–Crippen LogP) is 2.60. The van der Waals surface area contributed by atoms with Crippen molar-refractivity contribution in [2.45, 2.75) is 46.0 Å². The molecule has 1 amide bonds. The highest BCUT2D eigenvalue weighted by Gasteiger charge is 2.08. The highest BCUT2D eigenvalue weighted by atomic mass is 16.4. The summed E-state index contributed by atoms with van der Waals surface area (Å²) in [7, 11) is 0. The van der Waals surface area contributed by atoms with Crippen LogP contribution in [0.15, 0.2) is 12.2 Å². The van der Waals surface area contributed by atoms with Crippen LogP contribution in [0.5, 0.6) is 0 Å². The fourth-order valence-corrected chi connectivity index (χ4v) is 1.88. The first kappa shape index (κ1) is 16.7. The van der Waals surface area contributed by atoms with E-state index in [1.54, 1.807) is 0 Å². The number of nitrogens with one attached hydrogen (secondary N) is 1. The lowest BCUT2D eigenvalue weighted by Crippen LogP contribution is -2.20. The highest BCUT2D eigenvalue weighted by molar-refractivity contribution is 5.71. The molecule has 0 bridgehead atoms. The molecule has 2 atom stereocenters. The summed E-state index contributed by atoms with van der Waals surface area (Å²) in [6, 6.07) is 0. The zero-order chi connectivity index (χ0) is 13.8. The van der Waals surface area contributed by atoms with Gasteiger partial charge in [0.1, 0.15) is 6.54 Å². The number of carboxylic acid groups (broad SMARTS) is 1. The molecule has 1 aliphatic rings.